The van der Waals surface area contributed by atoms with Crippen molar-refractivity contribution in [1.82, 2.24) is 19.7 Å². The van der Waals surface area contributed by atoms with Gasteiger partial charge in [0.15, 0.2) is 11.0 Å². The first-order valence-electron chi connectivity index (χ1n) is 7.67. The van der Waals surface area contributed by atoms with Gasteiger partial charge in [0.2, 0.25) is 5.91 Å². The normalized spacial score (nSPS) is 15.9. The molecule has 0 radical (unpaired) electrons. The summed E-state index contributed by atoms with van der Waals surface area (Å²) in [5.41, 5.74) is 0.842. The van der Waals surface area contributed by atoms with E-state index in [1.807, 2.05) is 47.7 Å². The second kappa shape index (κ2) is 6.93. The van der Waals surface area contributed by atoms with E-state index in [0.29, 0.717) is 10.8 Å². The van der Waals surface area contributed by atoms with Gasteiger partial charge in [0, 0.05) is 25.7 Å². The molecule has 1 fully saturated rings. The smallest absolute Gasteiger partial charge is 0.235 e. The van der Waals surface area contributed by atoms with Crippen LogP contribution >= 0.6 is 23.4 Å². The van der Waals surface area contributed by atoms with E-state index in [1.54, 1.807) is 0 Å². The highest BCUT2D eigenvalue weighted by molar-refractivity contribution is 8.00. The summed E-state index contributed by atoms with van der Waals surface area (Å²) in [7, 11) is 1.90. The van der Waals surface area contributed by atoms with Crippen molar-refractivity contribution in [1.29, 1.82) is 0 Å². The molecule has 1 unspecified atom stereocenters. The van der Waals surface area contributed by atoms with Crippen molar-refractivity contribution in [2.75, 3.05) is 13.1 Å². The summed E-state index contributed by atoms with van der Waals surface area (Å²) < 4.78 is 1.89. The van der Waals surface area contributed by atoms with Gasteiger partial charge in [0.05, 0.1) is 10.3 Å². The third-order valence-electron chi connectivity index (χ3n) is 4.00. The van der Waals surface area contributed by atoms with E-state index < -0.39 is 0 Å². The number of aromatic nitrogens is 3. The maximum Gasteiger partial charge on any atom is 0.235 e. The van der Waals surface area contributed by atoms with Crippen LogP contribution in [0.15, 0.2) is 29.4 Å². The van der Waals surface area contributed by atoms with Crippen molar-refractivity contribution < 1.29 is 4.79 Å². The van der Waals surface area contributed by atoms with Crippen LogP contribution in [0.25, 0.3) is 11.4 Å². The second-order valence-electron chi connectivity index (χ2n) is 5.64. The fraction of sp³-hybridized carbons (Fsp3) is 0.438. The summed E-state index contributed by atoms with van der Waals surface area (Å²) in [4.78, 5) is 14.4. The monoisotopic (exact) mass is 350 g/mol. The minimum atomic E-state index is -0.171. The van der Waals surface area contributed by atoms with Gasteiger partial charge in [-0.25, -0.2) is 0 Å². The molecule has 5 nitrogen and oxygen atoms in total. The molecule has 122 valence electrons. The van der Waals surface area contributed by atoms with Crippen LogP contribution in [0.1, 0.15) is 19.8 Å². The van der Waals surface area contributed by atoms with Crippen molar-refractivity contribution in [2.45, 2.75) is 30.2 Å². The zero-order valence-corrected chi connectivity index (χ0v) is 14.8. The average molecular weight is 351 g/mol. The van der Waals surface area contributed by atoms with Gasteiger partial charge in [-0.1, -0.05) is 35.5 Å². The van der Waals surface area contributed by atoms with Gasteiger partial charge in [-0.2, -0.15) is 0 Å². The van der Waals surface area contributed by atoms with E-state index in [0.717, 1.165) is 36.7 Å². The molecule has 0 aliphatic carbocycles. The average Bonchev–Trinajstić information content (AvgIpc) is 3.19. The van der Waals surface area contributed by atoms with Crippen LogP contribution in [0.4, 0.5) is 0 Å². The van der Waals surface area contributed by atoms with E-state index in [1.165, 1.54) is 11.8 Å². The number of amides is 1. The summed E-state index contributed by atoms with van der Waals surface area (Å²) >= 11 is 7.68. The Kier molecular flexibility index (Phi) is 4.92. The highest BCUT2D eigenvalue weighted by Gasteiger charge is 2.26. The molecule has 3 rings (SSSR count). The summed E-state index contributed by atoms with van der Waals surface area (Å²) in [5.74, 6) is 0.883. The summed E-state index contributed by atoms with van der Waals surface area (Å²) in [6.45, 7) is 3.66. The maximum absolute atomic E-state index is 12.4. The van der Waals surface area contributed by atoms with Crippen LogP contribution in [0, 0.1) is 0 Å². The van der Waals surface area contributed by atoms with E-state index >= 15 is 0 Å². The number of carbonyl (C=O) groups excluding carboxylic acids is 1. The molecule has 7 heteroatoms. The molecular formula is C16H19ClN4OS. The van der Waals surface area contributed by atoms with E-state index in [4.69, 9.17) is 11.6 Å². The van der Waals surface area contributed by atoms with Gasteiger partial charge in [0.25, 0.3) is 0 Å². The molecule has 0 spiro atoms. The van der Waals surface area contributed by atoms with Crippen molar-refractivity contribution in [3.8, 4) is 11.4 Å². The topological polar surface area (TPSA) is 51.0 Å². The van der Waals surface area contributed by atoms with Crippen molar-refractivity contribution in [3.05, 3.63) is 29.3 Å². The van der Waals surface area contributed by atoms with Crippen LogP contribution in [-0.2, 0) is 11.8 Å². The Morgan fingerprint density at radius 1 is 1.26 bits per heavy atom. The molecule has 2 heterocycles. The van der Waals surface area contributed by atoms with Crippen LogP contribution in [0.3, 0.4) is 0 Å². The van der Waals surface area contributed by atoms with E-state index in [-0.39, 0.29) is 11.2 Å². The zero-order valence-electron chi connectivity index (χ0n) is 13.2. The lowest BCUT2D eigenvalue weighted by atomic mass is 10.2. The first kappa shape index (κ1) is 16.3. The maximum atomic E-state index is 12.4. The molecule has 0 N–H and O–H groups in total. The first-order chi connectivity index (χ1) is 11.1. The molecule has 2 aromatic rings. The molecule has 0 bridgehead atoms. The molecule has 1 aromatic carbocycles. The Morgan fingerprint density at radius 3 is 2.65 bits per heavy atom. The number of likely N-dealkylation sites (tertiary alicyclic amines) is 1. The van der Waals surface area contributed by atoms with Crippen molar-refractivity contribution in [3.63, 3.8) is 0 Å². The van der Waals surface area contributed by atoms with Crippen LogP contribution in [-0.4, -0.2) is 43.9 Å². The first-order valence-corrected chi connectivity index (χ1v) is 8.93. The zero-order chi connectivity index (χ0) is 16.4. The second-order valence-corrected chi connectivity index (χ2v) is 7.35. The lowest BCUT2D eigenvalue weighted by Crippen LogP contribution is -2.34. The Labute approximate surface area is 145 Å². The van der Waals surface area contributed by atoms with Gasteiger partial charge in [-0.05, 0) is 31.9 Å². The van der Waals surface area contributed by atoms with Gasteiger partial charge >= 0.3 is 0 Å². The van der Waals surface area contributed by atoms with E-state index in [9.17, 15) is 4.79 Å². The number of carbonyl (C=O) groups is 1. The number of thioether (sulfide) groups is 1. The number of hydrogen-bond donors (Lipinski definition) is 0. The summed E-state index contributed by atoms with van der Waals surface area (Å²) in [6.07, 6.45) is 2.20. The number of rotatable bonds is 4. The molecular weight excluding hydrogens is 332 g/mol. The number of halogens is 1. The van der Waals surface area contributed by atoms with Crippen LogP contribution < -0.4 is 0 Å². The number of hydrogen-bond acceptors (Lipinski definition) is 4. The molecule has 1 aromatic heterocycles. The molecule has 1 saturated heterocycles. The largest absolute Gasteiger partial charge is 0.342 e. The number of nitrogens with zero attached hydrogens (tertiary/aromatic N) is 4. The lowest BCUT2D eigenvalue weighted by molar-refractivity contribution is -0.129. The standard InChI is InChI=1S/C16H19ClN4OS/c1-11(15(22)21-9-5-6-10-21)23-16-19-18-14(20(16)2)12-7-3-4-8-13(12)17/h3-4,7-8,11H,5-6,9-10H2,1-2H3. The van der Waals surface area contributed by atoms with E-state index in [2.05, 4.69) is 10.2 Å². The van der Waals surface area contributed by atoms with Crippen LogP contribution in [0.5, 0.6) is 0 Å². The Bertz CT molecular complexity index is 712. The quantitative estimate of drug-likeness (QED) is 0.794. The van der Waals surface area contributed by atoms with Gasteiger partial charge in [-0.3, -0.25) is 4.79 Å². The van der Waals surface area contributed by atoms with Gasteiger partial charge in [-0.15, -0.1) is 10.2 Å². The molecule has 1 aliphatic rings. The summed E-state index contributed by atoms with van der Waals surface area (Å²) in [5, 5.41) is 9.66. The predicted octanol–water partition coefficient (Wildman–Crippen LogP) is 3.24. The highest BCUT2D eigenvalue weighted by atomic mass is 35.5. The minimum absolute atomic E-state index is 0.171. The van der Waals surface area contributed by atoms with Crippen molar-refractivity contribution >= 4 is 29.3 Å². The fourth-order valence-corrected chi connectivity index (χ4v) is 3.82. The molecule has 1 aliphatic heterocycles. The highest BCUT2D eigenvalue weighted by Crippen LogP contribution is 2.30. The Balaban J connectivity index is 1.77. The molecule has 0 saturated carbocycles. The summed E-state index contributed by atoms with van der Waals surface area (Å²) in [6, 6.07) is 7.55. The predicted molar refractivity (Wildman–Crippen MR) is 92.6 cm³/mol. The van der Waals surface area contributed by atoms with Crippen LogP contribution in [0.2, 0.25) is 5.02 Å². The third-order valence-corrected chi connectivity index (χ3v) is 5.45. The lowest BCUT2D eigenvalue weighted by Gasteiger charge is -2.19. The van der Waals surface area contributed by atoms with Crippen molar-refractivity contribution in [2.24, 2.45) is 7.05 Å². The molecule has 1 amide bonds. The minimum Gasteiger partial charge on any atom is -0.342 e. The molecule has 23 heavy (non-hydrogen) atoms. The van der Waals surface area contributed by atoms with Gasteiger partial charge in [0.1, 0.15) is 0 Å². The number of benzene rings is 1. The Hall–Kier alpha value is -1.53. The Morgan fingerprint density at radius 2 is 1.96 bits per heavy atom. The molecule has 1 atom stereocenters. The third kappa shape index (κ3) is 3.38. The fourth-order valence-electron chi connectivity index (χ4n) is 2.70. The van der Waals surface area contributed by atoms with Gasteiger partial charge < -0.3 is 9.47 Å². The SMILES string of the molecule is CC(Sc1nnc(-c2ccccc2Cl)n1C)C(=O)N1CCCC1.